The van der Waals surface area contributed by atoms with Crippen molar-refractivity contribution in [1.29, 1.82) is 0 Å². The van der Waals surface area contributed by atoms with Crippen LogP contribution in [0.1, 0.15) is 25.0 Å². The second-order valence-electron chi connectivity index (χ2n) is 6.58. The van der Waals surface area contributed by atoms with Gasteiger partial charge in [0.15, 0.2) is 0 Å². The lowest BCUT2D eigenvalue weighted by Crippen LogP contribution is -1.82. The summed E-state index contributed by atoms with van der Waals surface area (Å²) >= 11 is 0. The van der Waals surface area contributed by atoms with E-state index in [1.54, 1.807) is 0 Å². The van der Waals surface area contributed by atoms with Gasteiger partial charge in [-0.3, -0.25) is 9.97 Å². The first-order valence-electron chi connectivity index (χ1n) is 9.78. The van der Waals surface area contributed by atoms with Crippen molar-refractivity contribution in [1.82, 2.24) is 9.97 Å². The molecule has 0 atom stereocenters. The minimum Gasteiger partial charge on any atom is -0.265 e. The lowest BCUT2D eigenvalue weighted by atomic mass is 10.0. The summed E-state index contributed by atoms with van der Waals surface area (Å²) in [4.78, 5) is 8.03. The molecule has 0 aliphatic carbocycles. The molecule has 28 heavy (non-hydrogen) atoms. The van der Waals surface area contributed by atoms with Gasteiger partial charge in [0.2, 0.25) is 0 Å². The number of rotatable bonds is 4. The maximum absolute atomic E-state index is 4.01. The number of aromatic nitrogens is 2. The third-order valence-electron chi connectivity index (χ3n) is 4.70. The largest absolute Gasteiger partial charge is 0.265 e. The molecule has 140 valence electrons. The number of benzene rings is 2. The molecule has 2 aromatic heterocycles. The zero-order chi connectivity index (χ0) is 19.6. The van der Waals surface area contributed by atoms with Crippen molar-refractivity contribution in [2.75, 3.05) is 0 Å². The van der Waals surface area contributed by atoms with Gasteiger partial charge < -0.3 is 0 Å². The molecule has 0 amide bonds. The highest BCUT2D eigenvalue weighted by Gasteiger charge is 1.97. The van der Waals surface area contributed by atoms with Gasteiger partial charge in [0.1, 0.15) is 0 Å². The fourth-order valence-corrected chi connectivity index (χ4v) is 3.03. The van der Waals surface area contributed by atoms with Crippen molar-refractivity contribution in [3.8, 4) is 22.3 Å². The molecule has 0 fully saturated rings. The van der Waals surface area contributed by atoms with Gasteiger partial charge in [0.25, 0.3) is 0 Å². The van der Waals surface area contributed by atoms with Crippen LogP contribution in [-0.2, 0) is 12.8 Å². The summed E-state index contributed by atoms with van der Waals surface area (Å²) in [7, 11) is 0. The van der Waals surface area contributed by atoms with Gasteiger partial charge in [-0.1, -0.05) is 62.4 Å². The Kier molecular flexibility index (Phi) is 7.08. The van der Waals surface area contributed by atoms with Crippen molar-refractivity contribution >= 4 is 0 Å². The Morgan fingerprint density at radius 2 is 0.893 bits per heavy atom. The smallest absolute Gasteiger partial charge is 0.0273 e. The van der Waals surface area contributed by atoms with Gasteiger partial charge in [0, 0.05) is 24.8 Å². The maximum atomic E-state index is 4.01. The summed E-state index contributed by atoms with van der Waals surface area (Å²) < 4.78 is 0. The molecule has 0 spiro atoms. The number of pyridine rings is 2. The van der Waals surface area contributed by atoms with Crippen LogP contribution >= 0.6 is 0 Å². The van der Waals surface area contributed by atoms with Crippen LogP contribution in [0.4, 0.5) is 0 Å². The predicted molar refractivity (Wildman–Crippen MR) is 118 cm³/mol. The van der Waals surface area contributed by atoms with Crippen molar-refractivity contribution in [3.63, 3.8) is 0 Å². The highest BCUT2D eigenvalue weighted by atomic mass is 14.6. The summed E-state index contributed by atoms with van der Waals surface area (Å²) in [5.41, 5.74) is 7.75. The molecule has 2 heterocycles. The van der Waals surface area contributed by atoms with E-state index in [0.717, 1.165) is 12.8 Å². The fourth-order valence-electron chi connectivity index (χ4n) is 3.03. The Morgan fingerprint density at radius 3 is 1.25 bits per heavy atom. The Labute approximate surface area is 168 Å². The third kappa shape index (κ3) is 5.37. The van der Waals surface area contributed by atoms with Crippen molar-refractivity contribution in [3.05, 3.63) is 109 Å². The average molecular weight is 367 g/mol. The number of nitrogens with zero attached hydrogens (tertiary/aromatic N) is 2. The molecule has 4 rings (SSSR count). The standard InChI is InChI=1S/2C13H13N/c2*1-2-11-4-3-5-13(10-11)12-6-8-14-9-7-12/h2*3-10H,2H2,1H3. The summed E-state index contributed by atoms with van der Waals surface area (Å²) in [6.07, 6.45) is 9.47. The van der Waals surface area contributed by atoms with Crippen LogP contribution < -0.4 is 0 Å². The van der Waals surface area contributed by atoms with Crippen molar-refractivity contribution in [2.24, 2.45) is 0 Å². The average Bonchev–Trinajstić information content (AvgIpc) is 2.81. The van der Waals surface area contributed by atoms with Gasteiger partial charge in [0.05, 0.1) is 0 Å². The van der Waals surface area contributed by atoms with E-state index in [2.05, 4.69) is 72.3 Å². The molecular weight excluding hydrogens is 340 g/mol. The van der Waals surface area contributed by atoms with Crippen molar-refractivity contribution < 1.29 is 0 Å². The molecule has 0 aliphatic rings. The second-order valence-corrected chi connectivity index (χ2v) is 6.58. The van der Waals surface area contributed by atoms with Crippen LogP contribution in [-0.4, -0.2) is 9.97 Å². The number of hydrogen-bond donors (Lipinski definition) is 0. The maximum Gasteiger partial charge on any atom is 0.0273 e. The minimum atomic E-state index is 1.08. The Bertz CT molecular complexity index is 896. The summed E-state index contributed by atoms with van der Waals surface area (Å²) in [6, 6.07) is 25.4. The van der Waals surface area contributed by atoms with E-state index in [1.807, 2.05) is 49.1 Å². The van der Waals surface area contributed by atoms with Crippen LogP contribution in [0.5, 0.6) is 0 Å². The van der Waals surface area contributed by atoms with Crippen LogP contribution in [0.25, 0.3) is 22.3 Å². The van der Waals surface area contributed by atoms with Gasteiger partial charge in [-0.25, -0.2) is 0 Å². The van der Waals surface area contributed by atoms with Crippen molar-refractivity contribution in [2.45, 2.75) is 26.7 Å². The molecule has 0 saturated carbocycles. The lowest BCUT2D eigenvalue weighted by Gasteiger charge is -2.02. The monoisotopic (exact) mass is 366 g/mol. The Hall–Kier alpha value is -3.26. The zero-order valence-electron chi connectivity index (χ0n) is 16.5. The van der Waals surface area contributed by atoms with E-state index in [9.17, 15) is 0 Å². The molecule has 0 radical (unpaired) electrons. The first-order chi connectivity index (χ1) is 13.8. The summed E-state index contributed by atoms with van der Waals surface area (Å²) in [6.45, 7) is 4.34. The fraction of sp³-hybridized carbons (Fsp3) is 0.154. The summed E-state index contributed by atoms with van der Waals surface area (Å²) in [5.74, 6) is 0. The Morgan fingerprint density at radius 1 is 0.500 bits per heavy atom. The molecule has 0 bridgehead atoms. The number of hydrogen-bond acceptors (Lipinski definition) is 2. The minimum absolute atomic E-state index is 1.08. The first kappa shape index (κ1) is 19.5. The molecule has 2 aromatic carbocycles. The van der Waals surface area contributed by atoms with E-state index in [0.29, 0.717) is 0 Å². The van der Waals surface area contributed by atoms with E-state index < -0.39 is 0 Å². The topological polar surface area (TPSA) is 25.8 Å². The zero-order valence-corrected chi connectivity index (χ0v) is 16.5. The lowest BCUT2D eigenvalue weighted by molar-refractivity contribution is 1.14. The molecular formula is C26H26N2. The van der Waals surface area contributed by atoms with Crippen LogP contribution in [0.2, 0.25) is 0 Å². The molecule has 4 aromatic rings. The molecule has 2 heteroatoms. The van der Waals surface area contributed by atoms with Gasteiger partial charge in [-0.2, -0.15) is 0 Å². The van der Waals surface area contributed by atoms with Crippen LogP contribution in [0.15, 0.2) is 97.6 Å². The molecule has 0 aliphatic heterocycles. The van der Waals surface area contributed by atoms with E-state index >= 15 is 0 Å². The second kappa shape index (κ2) is 10.2. The Balaban J connectivity index is 0.000000161. The van der Waals surface area contributed by atoms with Gasteiger partial charge >= 0.3 is 0 Å². The van der Waals surface area contributed by atoms with E-state index in [4.69, 9.17) is 0 Å². The highest BCUT2D eigenvalue weighted by molar-refractivity contribution is 5.64. The normalized spacial score (nSPS) is 10.1. The molecule has 0 saturated heterocycles. The molecule has 2 nitrogen and oxygen atoms in total. The van der Waals surface area contributed by atoms with E-state index in [-0.39, 0.29) is 0 Å². The molecule has 0 unspecified atom stereocenters. The summed E-state index contributed by atoms with van der Waals surface area (Å²) in [5, 5.41) is 0. The van der Waals surface area contributed by atoms with E-state index in [1.165, 1.54) is 33.4 Å². The predicted octanol–water partition coefficient (Wildman–Crippen LogP) is 6.62. The molecule has 0 N–H and O–H groups in total. The van der Waals surface area contributed by atoms with Gasteiger partial charge in [-0.05, 0) is 70.5 Å². The number of aryl methyl sites for hydroxylation is 2. The SMILES string of the molecule is CCc1cccc(-c2ccncc2)c1.CCc1cccc(-c2ccncc2)c1. The van der Waals surface area contributed by atoms with Crippen LogP contribution in [0, 0.1) is 0 Å². The van der Waals surface area contributed by atoms with Gasteiger partial charge in [-0.15, -0.1) is 0 Å². The first-order valence-corrected chi connectivity index (χ1v) is 9.78. The van der Waals surface area contributed by atoms with Crippen LogP contribution in [0.3, 0.4) is 0 Å². The third-order valence-corrected chi connectivity index (χ3v) is 4.70. The quantitative estimate of drug-likeness (QED) is 0.405. The highest BCUT2D eigenvalue weighted by Crippen LogP contribution is 2.20.